The lowest BCUT2D eigenvalue weighted by molar-refractivity contribution is -0.144. The number of hydrogen-bond donors (Lipinski definition) is 10. The number of amides is 4. The zero-order valence-corrected chi connectivity index (χ0v) is 20.2. The summed E-state index contributed by atoms with van der Waals surface area (Å²) in [5.41, 5.74) is 22.0. The highest BCUT2D eigenvalue weighted by atomic mass is 16.4. The van der Waals surface area contributed by atoms with Gasteiger partial charge in [0.2, 0.25) is 23.6 Å². The Morgan fingerprint density at radius 2 is 1.70 bits per heavy atom. The van der Waals surface area contributed by atoms with Crippen LogP contribution in [-0.2, 0) is 30.4 Å². The third-order valence-corrected chi connectivity index (χ3v) is 4.99. The Kier molecular flexibility index (Phi) is 12.5. The number of primary amides is 1. The molecular formula is C20H34N10O7. The minimum Gasteiger partial charge on any atom is -0.480 e. The zero-order chi connectivity index (χ0) is 28.1. The molecule has 206 valence electrons. The number of aromatic amines is 1. The Labute approximate surface area is 211 Å². The number of carbonyl (C=O) groups excluding carboxylic acids is 4. The number of carbonyl (C=O) groups is 5. The second kappa shape index (κ2) is 15.0. The Balaban J connectivity index is 2.97. The number of rotatable bonds is 16. The van der Waals surface area contributed by atoms with Gasteiger partial charge in [-0.15, -0.1) is 0 Å². The Morgan fingerprint density at radius 3 is 2.22 bits per heavy atom. The van der Waals surface area contributed by atoms with Gasteiger partial charge in [-0.25, -0.2) is 9.78 Å². The van der Waals surface area contributed by atoms with Crippen molar-refractivity contribution >= 4 is 35.6 Å². The molecule has 17 nitrogen and oxygen atoms in total. The fourth-order valence-corrected chi connectivity index (χ4v) is 3.10. The van der Waals surface area contributed by atoms with Crippen molar-refractivity contribution < 1.29 is 34.2 Å². The summed E-state index contributed by atoms with van der Waals surface area (Å²) in [5.74, 6) is -5.32. The number of aliphatic hydroxyl groups is 1. The molecule has 14 N–H and O–H groups in total. The van der Waals surface area contributed by atoms with E-state index >= 15 is 0 Å². The molecule has 1 aromatic heterocycles. The maximum absolute atomic E-state index is 12.9. The van der Waals surface area contributed by atoms with Gasteiger partial charge in [0.1, 0.15) is 18.1 Å². The van der Waals surface area contributed by atoms with Crippen molar-refractivity contribution in [2.45, 2.75) is 62.9 Å². The van der Waals surface area contributed by atoms with Crippen molar-refractivity contribution in [1.29, 1.82) is 0 Å². The van der Waals surface area contributed by atoms with Crippen LogP contribution in [0.15, 0.2) is 17.5 Å². The van der Waals surface area contributed by atoms with E-state index in [1.54, 1.807) is 0 Å². The van der Waals surface area contributed by atoms with Crippen molar-refractivity contribution in [1.82, 2.24) is 25.9 Å². The molecule has 4 amide bonds. The van der Waals surface area contributed by atoms with Gasteiger partial charge in [0.15, 0.2) is 5.96 Å². The fraction of sp³-hybridized carbons (Fsp3) is 0.550. The minimum absolute atomic E-state index is 0.0585. The van der Waals surface area contributed by atoms with E-state index in [0.717, 1.165) is 0 Å². The number of aliphatic carboxylic acids is 1. The fourth-order valence-electron chi connectivity index (χ4n) is 3.10. The summed E-state index contributed by atoms with van der Waals surface area (Å²) in [6, 6.07) is -5.57. The largest absolute Gasteiger partial charge is 0.480 e. The van der Waals surface area contributed by atoms with E-state index in [-0.39, 0.29) is 31.8 Å². The van der Waals surface area contributed by atoms with E-state index in [0.29, 0.717) is 5.69 Å². The maximum atomic E-state index is 12.9. The molecule has 0 fully saturated rings. The topological polar surface area (TPSA) is 307 Å². The van der Waals surface area contributed by atoms with Gasteiger partial charge in [-0.05, 0) is 19.8 Å². The summed E-state index contributed by atoms with van der Waals surface area (Å²) >= 11 is 0. The second-order valence-corrected chi connectivity index (χ2v) is 8.19. The molecule has 5 atom stereocenters. The van der Waals surface area contributed by atoms with Gasteiger partial charge in [-0.2, -0.15) is 0 Å². The van der Waals surface area contributed by atoms with Crippen LogP contribution in [0.2, 0.25) is 0 Å². The number of carboxylic acid groups (broad SMARTS) is 1. The third kappa shape index (κ3) is 11.4. The quantitative estimate of drug-likeness (QED) is 0.0553. The number of nitrogens with zero attached hydrogens (tertiary/aromatic N) is 2. The standard InChI is InChI=1S/C20H34N10O7/c1-9(31)15(30-16(33)11(21)5-10-7-25-8-27-10)18(35)28-12(3-2-4-26-20(23)24)17(34)29-13(19(36)37)6-14(22)32/h7-9,11-13,15,31H,2-6,21H2,1H3,(H2,22,32)(H,25,27)(H,28,35)(H,29,34)(H,30,33)(H,36,37)(H4,23,24,26). The van der Waals surface area contributed by atoms with Gasteiger partial charge in [0, 0.05) is 24.9 Å². The smallest absolute Gasteiger partial charge is 0.326 e. The maximum Gasteiger partial charge on any atom is 0.326 e. The number of guanidine groups is 1. The highest BCUT2D eigenvalue weighted by molar-refractivity contribution is 5.95. The summed E-state index contributed by atoms with van der Waals surface area (Å²) < 4.78 is 0. The summed E-state index contributed by atoms with van der Waals surface area (Å²) in [4.78, 5) is 71.2. The predicted molar refractivity (Wildman–Crippen MR) is 129 cm³/mol. The number of aromatic nitrogens is 2. The van der Waals surface area contributed by atoms with Gasteiger partial charge in [-0.3, -0.25) is 24.2 Å². The van der Waals surface area contributed by atoms with Crippen LogP contribution in [-0.4, -0.2) is 92.6 Å². The van der Waals surface area contributed by atoms with E-state index in [1.165, 1.54) is 19.4 Å². The lowest BCUT2D eigenvalue weighted by atomic mass is 10.1. The van der Waals surface area contributed by atoms with Crippen molar-refractivity contribution in [3.05, 3.63) is 18.2 Å². The van der Waals surface area contributed by atoms with E-state index in [4.69, 9.17) is 22.9 Å². The molecule has 0 aliphatic carbocycles. The molecule has 0 aromatic carbocycles. The number of aliphatic hydroxyl groups excluding tert-OH is 1. The van der Waals surface area contributed by atoms with Crippen molar-refractivity contribution in [2.75, 3.05) is 6.54 Å². The third-order valence-electron chi connectivity index (χ3n) is 4.99. The highest BCUT2D eigenvalue weighted by Gasteiger charge is 2.32. The highest BCUT2D eigenvalue weighted by Crippen LogP contribution is 2.05. The first-order valence-corrected chi connectivity index (χ1v) is 11.2. The number of nitrogens with one attached hydrogen (secondary N) is 4. The van der Waals surface area contributed by atoms with Crippen LogP contribution in [0.4, 0.5) is 0 Å². The van der Waals surface area contributed by atoms with E-state index in [2.05, 4.69) is 30.9 Å². The van der Waals surface area contributed by atoms with E-state index < -0.39 is 66.3 Å². The monoisotopic (exact) mass is 526 g/mol. The van der Waals surface area contributed by atoms with Gasteiger partial charge in [-0.1, -0.05) is 0 Å². The summed E-state index contributed by atoms with van der Waals surface area (Å²) in [5, 5.41) is 26.2. The molecule has 0 aliphatic rings. The zero-order valence-electron chi connectivity index (χ0n) is 20.2. The number of aliphatic imine (C=N–C) groups is 1. The molecule has 1 rings (SSSR count). The van der Waals surface area contributed by atoms with Crippen LogP contribution >= 0.6 is 0 Å². The van der Waals surface area contributed by atoms with Crippen molar-refractivity contribution in [2.24, 2.45) is 27.9 Å². The molecule has 1 heterocycles. The van der Waals surface area contributed by atoms with Gasteiger partial charge in [0.25, 0.3) is 0 Å². The molecule has 0 radical (unpaired) electrons. The van der Waals surface area contributed by atoms with Crippen LogP contribution in [0, 0.1) is 0 Å². The molecular weight excluding hydrogens is 492 g/mol. The lowest BCUT2D eigenvalue weighted by Crippen LogP contribution is -2.60. The number of imidazole rings is 1. The average molecular weight is 527 g/mol. The molecule has 37 heavy (non-hydrogen) atoms. The first-order valence-electron chi connectivity index (χ1n) is 11.2. The van der Waals surface area contributed by atoms with Crippen LogP contribution in [0.5, 0.6) is 0 Å². The minimum atomic E-state index is -1.64. The van der Waals surface area contributed by atoms with Crippen molar-refractivity contribution in [3.63, 3.8) is 0 Å². The normalized spacial score (nSPS) is 14.8. The first-order chi connectivity index (χ1) is 17.3. The molecule has 5 unspecified atom stereocenters. The molecule has 1 aromatic rings. The molecule has 0 bridgehead atoms. The van der Waals surface area contributed by atoms with E-state index in [9.17, 15) is 34.2 Å². The van der Waals surface area contributed by atoms with Crippen LogP contribution in [0.1, 0.15) is 31.9 Å². The summed E-state index contributed by atoms with van der Waals surface area (Å²) in [6.45, 7) is 1.33. The Morgan fingerprint density at radius 1 is 1.05 bits per heavy atom. The molecule has 0 saturated carbocycles. The van der Waals surface area contributed by atoms with Gasteiger partial charge in [0.05, 0.1) is 24.9 Å². The van der Waals surface area contributed by atoms with Gasteiger partial charge < -0.3 is 54.1 Å². The van der Waals surface area contributed by atoms with Crippen LogP contribution in [0.3, 0.4) is 0 Å². The number of hydrogen-bond acceptors (Lipinski definition) is 9. The predicted octanol–water partition coefficient (Wildman–Crippen LogP) is -4.87. The van der Waals surface area contributed by atoms with Gasteiger partial charge >= 0.3 is 5.97 Å². The lowest BCUT2D eigenvalue weighted by Gasteiger charge is -2.26. The van der Waals surface area contributed by atoms with Crippen LogP contribution in [0.25, 0.3) is 0 Å². The summed E-state index contributed by atoms with van der Waals surface area (Å²) in [7, 11) is 0. The molecule has 0 aliphatic heterocycles. The molecule has 17 heteroatoms. The average Bonchev–Trinajstić information content (AvgIpc) is 3.30. The number of H-pyrrole nitrogens is 1. The second-order valence-electron chi connectivity index (χ2n) is 8.19. The molecule has 0 saturated heterocycles. The summed E-state index contributed by atoms with van der Waals surface area (Å²) in [6.07, 6.45) is 1.00. The van der Waals surface area contributed by atoms with E-state index in [1.807, 2.05) is 0 Å². The number of nitrogens with two attached hydrogens (primary N) is 4. The van der Waals surface area contributed by atoms with Crippen LogP contribution < -0.4 is 38.9 Å². The number of carboxylic acids is 1. The van der Waals surface area contributed by atoms with Crippen molar-refractivity contribution in [3.8, 4) is 0 Å². The molecule has 0 spiro atoms. The Bertz CT molecular complexity index is 963. The first kappa shape index (κ1) is 30.8. The Hall–Kier alpha value is -4.25. The SMILES string of the molecule is CC(O)C(NC(=O)C(N)Cc1cnc[nH]1)C(=O)NC(CCCN=C(N)N)C(=O)NC(CC(N)=O)C(=O)O.